The molecule has 1 saturated carbocycles. The van der Waals surface area contributed by atoms with E-state index >= 15 is 0 Å². The molecule has 0 aliphatic heterocycles. The van der Waals surface area contributed by atoms with E-state index in [2.05, 4.69) is 44.9 Å². The van der Waals surface area contributed by atoms with Crippen molar-refractivity contribution >= 4 is 110 Å². The van der Waals surface area contributed by atoms with Crippen LogP contribution in [0.25, 0.3) is 33.5 Å². The molecule has 586 valence electrons. The highest BCUT2D eigenvalue weighted by molar-refractivity contribution is 7.54. The van der Waals surface area contributed by atoms with Crippen molar-refractivity contribution in [3.8, 4) is 0 Å². The largest absolute Gasteiger partial charge is 0.510 e. The molecule has 105 heavy (non-hydrogen) atoms. The number of nitrogen functional groups attached to an aromatic ring is 3. The second-order valence-electron chi connectivity index (χ2n) is 27.8. The molecule has 6 heterocycles. The number of nitrogens with two attached hydrogens (primary N) is 3. The lowest BCUT2D eigenvalue weighted by Crippen LogP contribution is -2.26. The van der Waals surface area contributed by atoms with Crippen LogP contribution >= 0.6 is 22.8 Å². The molecular formula is C61H96N15O26P3. The van der Waals surface area contributed by atoms with Gasteiger partial charge in [-0.25, -0.2) is 49.5 Å². The van der Waals surface area contributed by atoms with E-state index in [1.807, 2.05) is 0 Å². The van der Waals surface area contributed by atoms with Crippen molar-refractivity contribution in [2.24, 2.45) is 21.7 Å². The van der Waals surface area contributed by atoms with E-state index in [1.54, 1.807) is 138 Å². The molecule has 6 N–H and O–H groups in total. The Labute approximate surface area is 605 Å². The highest BCUT2D eigenvalue weighted by Gasteiger charge is 2.47. The molecule has 41 nitrogen and oxygen atoms in total. The number of esters is 4. The molecule has 0 spiro atoms. The molecule has 1 aliphatic carbocycles. The summed E-state index contributed by atoms with van der Waals surface area (Å²) >= 11 is 0. The smallest absolute Gasteiger partial charge is 0.438 e. The van der Waals surface area contributed by atoms with Crippen LogP contribution in [0, 0.1) is 21.7 Å². The number of imidazole rings is 3. The fourth-order valence-electron chi connectivity index (χ4n) is 7.59. The molecular weight excluding hydrogens is 1450 g/mol. The van der Waals surface area contributed by atoms with Crippen molar-refractivity contribution in [2.75, 3.05) is 83.6 Å². The van der Waals surface area contributed by atoms with E-state index in [1.165, 1.54) is 31.5 Å². The molecule has 0 bridgehead atoms. The first kappa shape index (κ1) is 87.4. The quantitative estimate of drug-likeness (QED) is 0.0110. The normalized spacial score (nSPS) is 13.7. The third-order valence-corrected chi connectivity index (χ3v) is 17.9. The van der Waals surface area contributed by atoms with Crippen molar-refractivity contribution < 1.29 is 122 Å². The van der Waals surface area contributed by atoms with Gasteiger partial charge in [-0.05, 0) is 131 Å². The fraction of sp³-hybridized carbons (Fsp3) is 0.656. The zero-order chi connectivity index (χ0) is 78.4. The van der Waals surface area contributed by atoms with Gasteiger partial charge in [-0.15, -0.1) is 0 Å². The van der Waals surface area contributed by atoms with Crippen molar-refractivity contribution in [3.05, 3.63) is 37.8 Å². The molecule has 6 aromatic rings. The van der Waals surface area contributed by atoms with Crippen molar-refractivity contribution in [1.82, 2.24) is 58.6 Å². The number of aromatic nitrogens is 12. The summed E-state index contributed by atoms with van der Waals surface area (Å²) in [5, 5.41) is 0. The number of hydrogen-bond acceptors (Lipinski definition) is 38. The van der Waals surface area contributed by atoms with E-state index in [0.29, 0.717) is 59.4 Å². The lowest BCUT2D eigenvalue weighted by Gasteiger charge is -2.24. The van der Waals surface area contributed by atoms with Crippen molar-refractivity contribution in [3.63, 3.8) is 0 Å². The fourth-order valence-corrected chi connectivity index (χ4v) is 10.8. The second-order valence-corrected chi connectivity index (χ2v) is 33.8. The van der Waals surface area contributed by atoms with Crippen LogP contribution in [-0.2, 0) is 132 Å². The Morgan fingerprint density at radius 2 is 0.876 bits per heavy atom. The Morgan fingerprint density at radius 3 is 1.30 bits per heavy atom. The van der Waals surface area contributed by atoms with Gasteiger partial charge in [0, 0.05) is 6.54 Å². The number of anilines is 3. The van der Waals surface area contributed by atoms with Gasteiger partial charge in [-0.3, -0.25) is 60.0 Å². The number of ether oxygens (including phenoxy) is 11. The van der Waals surface area contributed by atoms with Gasteiger partial charge in [0.05, 0.1) is 90.4 Å². The summed E-state index contributed by atoms with van der Waals surface area (Å²) in [4.78, 5) is 108. The maximum atomic E-state index is 13.4. The number of hydrogen-bond donors (Lipinski definition) is 3. The second kappa shape index (κ2) is 38.4. The summed E-state index contributed by atoms with van der Waals surface area (Å²) in [5.41, 5.74) is 16.6. The van der Waals surface area contributed by atoms with E-state index in [9.17, 15) is 42.5 Å². The van der Waals surface area contributed by atoms with Crippen LogP contribution in [-0.4, -0.2) is 185 Å². The number of rotatable bonds is 35. The standard InChI is InChI=1S/C22H34N5O8P.C20H32N5O8P.C19H30N5O10P/c1-20(2,3)17(28)31-12-34-36(30,35-13-32-18(29)21(4,5)6)14-33-22(7-8-22)10-27-11-25-15-9-24-19(23)26-16(15)27;1-19(2,3)17(26)30-11-32-34(28,33-12-31-18(27)20(4,5)6)13-29-8-7-25-10-24-14-15(21)22-9-23-16(14)25;1-12(2)33-18(25)28-9-31-35(27,32-10-29-19(26)34-13(3)4)11-30-14(5)6-24-8-23-15-16(20)21-7-22-17(15)24/h9,11H,7-8,10,12-14H2,1-6H3,(H2,23,24,26);9-10H,7-8,11-13H2,1-6H3,(H2,21,22,23);7-8,12-14H,6,9-11H2,1-5H3,(H2,20,21,22)/t;;14-/m..1/s1. The maximum Gasteiger partial charge on any atom is 0.510 e. The van der Waals surface area contributed by atoms with E-state index in [-0.39, 0.29) is 30.7 Å². The van der Waals surface area contributed by atoms with Gasteiger partial charge in [0.25, 0.3) is 0 Å². The molecule has 0 aromatic carbocycles. The molecule has 0 amide bonds. The monoisotopic (exact) mass is 1550 g/mol. The summed E-state index contributed by atoms with van der Waals surface area (Å²) in [6.07, 6.45) is 5.30. The first-order valence-corrected chi connectivity index (χ1v) is 37.6. The summed E-state index contributed by atoms with van der Waals surface area (Å²) in [6, 6.07) is 0. The van der Waals surface area contributed by atoms with Gasteiger partial charge in [0.2, 0.25) is 46.7 Å². The first-order chi connectivity index (χ1) is 48.8. The summed E-state index contributed by atoms with van der Waals surface area (Å²) in [7, 11) is -12.0. The Bertz CT molecular complexity index is 3920. The highest BCUT2D eigenvalue weighted by atomic mass is 31.2. The van der Waals surface area contributed by atoms with Gasteiger partial charge in [0.15, 0.2) is 28.6 Å². The lowest BCUT2D eigenvalue weighted by atomic mass is 9.98. The van der Waals surface area contributed by atoms with Crippen LogP contribution in [0.4, 0.5) is 27.2 Å². The molecule has 1 atom stereocenters. The zero-order valence-corrected chi connectivity index (χ0v) is 64.5. The first-order valence-electron chi connectivity index (χ1n) is 32.4. The topological polar surface area (TPSA) is 519 Å². The van der Waals surface area contributed by atoms with Crippen LogP contribution in [0.15, 0.2) is 37.8 Å². The molecule has 1 fully saturated rings. The third-order valence-electron chi connectivity index (χ3n) is 13.5. The Morgan fingerprint density at radius 1 is 0.486 bits per heavy atom. The molecule has 44 heteroatoms. The number of fused-ring (bicyclic) bond motifs is 3. The molecule has 6 aromatic heterocycles. The maximum absolute atomic E-state index is 13.4. The summed E-state index contributed by atoms with van der Waals surface area (Å²) in [5.74, 6) is -1.57. The van der Waals surface area contributed by atoms with Crippen LogP contribution in [0.3, 0.4) is 0 Å². The zero-order valence-electron chi connectivity index (χ0n) is 61.9. The number of carbonyl (C=O) groups excluding carboxylic acids is 6. The van der Waals surface area contributed by atoms with Crippen LogP contribution in [0.5, 0.6) is 0 Å². The predicted octanol–water partition coefficient (Wildman–Crippen LogP) is 8.97. The SMILES string of the molecule is CC(C)(C)C(=O)OCOP(=O)(COC1(Cn2cnc3cnc(N)nc32)CC1)OCOC(=O)C(C)(C)C.CC(C)(C)C(=O)OCOP(=O)(COCCn1cnc2c(N)ncnc21)OCOC(=O)C(C)(C)C.CC(C)OC(=O)OCOP(=O)(CO[C@H](C)Cn1cnc2c(N)ncnc21)OCOC(=O)OC(C)C. The minimum Gasteiger partial charge on any atom is -0.438 e. The number of carbonyl (C=O) groups is 6. The van der Waals surface area contributed by atoms with Crippen LogP contribution < -0.4 is 17.2 Å². The minimum absolute atomic E-state index is 0.0929. The van der Waals surface area contributed by atoms with Gasteiger partial charge < -0.3 is 83.0 Å². The molecule has 0 unspecified atom stereocenters. The Hall–Kier alpha value is -8.20. The van der Waals surface area contributed by atoms with Gasteiger partial charge >= 0.3 is 59.0 Å². The Kier molecular flexibility index (Phi) is 31.9. The van der Waals surface area contributed by atoms with Crippen molar-refractivity contribution in [2.45, 2.75) is 174 Å². The third kappa shape index (κ3) is 29.6. The van der Waals surface area contributed by atoms with Crippen molar-refractivity contribution in [1.29, 1.82) is 0 Å². The Balaban J connectivity index is 0.000000283. The molecule has 0 radical (unpaired) electrons. The van der Waals surface area contributed by atoms with Gasteiger partial charge in [0.1, 0.15) is 48.2 Å². The summed E-state index contributed by atoms with van der Waals surface area (Å²) < 4.78 is 132. The van der Waals surface area contributed by atoms with E-state index < -0.39 is 164 Å². The summed E-state index contributed by atoms with van der Waals surface area (Å²) in [6.45, 7) is 25.3. The molecule has 0 saturated heterocycles. The molecule has 1 aliphatic rings. The predicted molar refractivity (Wildman–Crippen MR) is 369 cm³/mol. The van der Waals surface area contributed by atoms with Gasteiger partial charge in [-0.1, -0.05) is 0 Å². The van der Waals surface area contributed by atoms with Gasteiger partial charge in [-0.2, -0.15) is 4.98 Å². The average Bonchev–Trinajstić information content (AvgIpc) is 1.64. The van der Waals surface area contributed by atoms with E-state index in [0.717, 1.165) is 0 Å². The average molecular weight is 1550 g/mol. The highest BCUT2D eigenvalue weighted by Crippen LogP contribution is 2.53. The molecule has 7 rings (SSSR count). The van der Waals surface area contributed by atoms with E-state index in [4.69, 9.17) is 96.4 Å². The van der Waals surface area contributed by atoms with Crippen LogP contribution in [0.1, 0.15) is 131 Å². The number of nitrogens with zero attached hydrogens (tertiary/aromatic N) is 12. The van der Waals surface area contributed by atoms with Crippen LogP contribution in [0.2, 0.25) is 0 Å². The lowest BCUT2D eigenvalue weighted by molar-refractivity contribution is -0.164. The minimum atomic E-state index is -4.06.